The molecule has 2 fully saturated rings. The highest BCUT2D eigenvalue weighted by Gasteiger charge is 2.45. The third-order valence-corrected chi connectivity index (χ3v) is 5.22. The van der Waals surface area contributed by atoms with E-state index in [4.69, 9.17) is 0 Å². The topological polar surface area (TPSA) is 40.6 Å². The van der Waals surface area contributed by atoms with Crippen LogP contribution in [0, 0.1) is 12.3 Å². The second kappa shape index (κ2) is 5.75. The van der Waals surface area contributed by atoms with E-state index in [9.17, 15) is 9.59 Å². The normalized spacial score (nSPS) is 25.6. The van der Waals surface area contributed by atoms with Crippen molar-refractivity contribution in [3.8, 4) is 0 Å². The molecule has 118 valence electrons. The summed E-state index contributed by atoms with van der Waals surface area (Å²) in [5, 5.41) is 0. The Kier molecular flexibility index (Phi) is 3.94. The summed E-state index contributed by atoms with van der Waals surface area (Å²) >= 11 is 0. The molecule has 0 saturated carbocycles. The van der Waals surface area contributed by atoms with Crippen LogP contribution in [-0.4, -0.2) is 48.3 Å². The molecule has 0 bridgehead atoms. The number of carbonyl (C=O) groups is 2. The first kappa shape index (κ1) is 15.1. The van der Waals surface area contributed by atoms with Crippen LogP contribution in [0.2, 0.25) is 0 Å². The molecule has 0 N–H and O–H groups in total. The number of benzene rings is 1. The Hall–Kier alpha value is -1.84. The summed E-state index contributed by atoms with van der Waals surface area (Å²) in [6, 6.07) is 7.75. The highest BCUT2D eigenvalue weighted by Crippen LogP contribution is 2.41. The van der Waals surface area contributed by atoms with Crippen LogP contribution in [0.4, 0.5) is 0 Å². The molecule has 1 spiro atoms. The van der Waals surface area contributed by atoms with Crippen LogP contribution in [0.15, 0.2) is 24.3 Å². The first-order valence-corrected chi connectivity index (χ1v) is 8.13. The largest absolute Gasteiger partial charge is 0.345 e. The van der Waals surface area contributed by atoms with E-state index >= 15 is 0 Å². The molecular formula is C18H24N2O2. The Balaban J connectivity index is 1.73. The van der Waals surface area contributed by atoms with Crippen molar-refractivity contribution in [2.45, 2.75) is 32.6 Å². The molecule has 0 aliphatic carbocycles. The Morgan fingerprint density at radius 1 is 1.14 bits per heavy atom. The van der Waals surface area contributed by atoms with E-state index < -0.39 is 0 Å². The van der Waals surface area contributed by atoms with Gasteiger partial charge in [-0.2, -0.15) is 0 Å². The van der Waals surface area contributed by atoms with Gasteiger partial charge in [0.1, 0.15) is 0 Å². The molecule has 1 atom stereocenters. The average molecular weight is 300 g/mol. The molecule has 2 aliphatic heterocycles. The van der Waals surface area contributed by atoms with E-state index in [0.717, 1.165) is 49.9 Å². The fraction of sp³-hybridized carbons (Fsp3) is 0.556. The minimum absolute atomic E-state index is 0.0968. The first-order chi connectivity index (χ1) is 10.5. The van der Waals surface area contributed by atoms with Gasteiger partial charge in [0.15, 0.2) is 0 Å². The van der Waals surface area contributed by atoms with E-state index in [2.05, 4.69) is 0 Å². The van der Waals surface area contributed by atoms with Crippen molar-refractivity contribution in [2.24, 2.45) is 5.41 Å². The summed E-state index contributed by atoms with van der Waals surface area (Å²) < 4.78 is 0. The minimum Gasteiger partial charge on any atom is -0.345 e. The van der Waals surface area contributed by atoms with Gasteiger partial charge in [-0.15, -0.1) is 0 Å². The number of aryl methyl sites for hydroxylation is 1. The fourth-order valence-corrected chi connectivity index (χ4v) is 3.82. The van der Waals surface area contributed by atoms with Crippen LogP contribution in [0.3, 0.4) is 0 Å². The van der Waals surface area contributed by atoms with Crippen LogP contribution >= 0.6 is 0 Å². The van der Waals surface area contributed by atoms with Gasteiger partial charge >= 0.3 is 0 Å². The number of hydrogen-bond donors (Lipinski definition) is 0. The van der Waals surface area contributed by atoms with Crippen molar-refractivity contribution < 1.29 is 9.59 Å². The summed E-state index contributed by atoms with van der Waals surface area (Å²) in [6.07, 6.45) is 3.56. The summed E-state index contributed by atoms with van der Waals surface area (Å²) in [4.78, 5) is 28.9. The number of rotatable bonds is 1. The van der Waals surface area contributed by atoms with E-state index in [0.29, 0.717) is 6.54 Å². The predicted molar refractivity (Wildman–Crippen MR) is 85.6 cm³/mol. The van der Waals surface area contributed by atoms with E-state index in [-0.39, 0.29) is 17.2 Å². The lowest BCUT2D eigenvalue weighted by atomic mass is 9.79. The zero-order chi connectivity index (χ0) is 15.7. The zero-order valence-corrected chi connectivity index (χ0v) is 13.5. The van der Waals surface area contributed by atoms with Crippen molar-refractivity contribution in [3.05, 3.63) is 35.4 Å². The van der Waals surface area contributed by atoms with Crippen LogP contribution in [0.5, 0.6) is 0 Å². The fourth-order valence-electron chi connectivity index (χ4n) is 3.82. The van der Waals surface area contributed by atoms with Crippen LogP contribution < -0.4 is 0 Å². The van der Waals surface area contributed by atoms with Crippen molar-refractivity contribution >= 4 is 11.8 Å². The number of likely N-dealkylation sites (tertiary alicyclic amines) is 2. The lowest BCUT2D eigenvalue weighted by Gasteiger charge is -2.25. The number of hydrogen-bond acceptors (Lipinski definition) is 2. The summed E-state index contributed by atoms with van der Waals surface area (Å²) in [5.41, 5.74) is 1.65. The summed E-state index contributed by atoms with van der Waals surface area (Å²) in [5.74, 6) is 0.372. The van der Waals surface area contributed by atoms with Gasteiger partial charge in [0.05, 0.1) is 5.41 Å². The van der Waals surface area contributed by atoms with Gasteiger partial charge in [-0.05, 0) is 44.7 Å². The van der Waals surface area contributed by atoms with Crippen molar-refractivity contribution in [3.63, 3.8) is 0 Å². The monoisotopic (exact) mass is 300 g/mol. The molecule has 1 aromatic rings. The molecule has 2 aliphatic rings. The van der Waals surface area contributed by atoms with Gasteiger partial charge in [0.2, 0.25) is 5.91 Å². The SMILES string of the molecule is Cc1cccc(C(=O)N2CCC[C@]3(CCN(C)C3=O)CC2)c1. The van der Waals surface area contributed by atoms with Crippen LogP contribution in [-0.2, 0) is 4.79 Å². The number of carbonyl (C=O) groups excluding carboxylic acids is 2. The average Bonchev–Trinajstić information content (AvgIpc) is 2.70. The van der Waals surface area contributed by atoms with E-state index in [1.807, 2.05) is 48.0 Å². The third kappa shape index (κ3) is 2.62. The molecule has 4 nitrogen and oxygen atoms in total. The molecular weight excluding hydrogens is 276 g/mol. The van der Waals surface area contributed by atoms with Gasteiger partial charge in [0, 0.05) is 32.2 Å². The molecule has 0 radical (unpaired) electrons. The van der Waals surface area contributed by atoms with Crippen molar-refractivity contribution in [1.82, 2.24) is 9.80 Å². The van der Waals surface area contributed by atoms with E-state index in [1.54, 1.807) is 0 Å². The first-order valence-electron chi connectivity index (χ1n) is 8.13. The maximum atomic E-state index is 12.7. The molecule has 0 unspecified atom stereocenters. The maximum Gasteiger partial charge on any atom is 0.253 e. The highest BCUT2D eigenvalue weighted by atomic mass is 16.2. The third-order valence-electron chi connectivity index (χ3n) is 5.22. The van der Waals surface area contributed by atoms with Crippen LogP contribution in [0.25, 0.3) is 0 Å². The van der Waals surface area contributed by atoms with Gasteiger partial charge in [-0.1, -0.05) is 17.7 Å². The van der Waals surface area contributed by atoms with Gasteiger partial charge < -0.3 is 9.80 Å². The smallest absolute Gasteiger partial charge is 0.253 e. The Bertz CT molecular complexity index is 599. The summed E-state index contributed by atoms with van der Waals surface area (Å²) in [7, 11) is 1.89. The second-order valence-electron chi connectivity index (χ2n) is 6.77. The molecule has 2 amide bonds. The quantitative estimate of drug-likeness (QED) is 0.799. The van der Waals surface area contributed by atoms with Crippen molar-refractivity contribution in [1.29, 1.82) is 0 Å². The maximum absolute atomic E-state index is 12.7. The minimum atomic E-state index is -0.212. The molecule has 2 saturated heterocycles. The molecule has 2 heterocycles. The number of amides is 2. The van der Waals surface area contributed by atoms with Crippen molar-refractivity contribution in [2.75, 3.05) is 26.7 Å². The lowest BCUT2D eigenvalue weighted by molar-refractivity contribution is -0.135. The Morgan fingerprint density at radius 3 is 2.59 bits per heavy atom. The van der Waals surface area contributed by atoms with Gasteiger partial charge in [-0.25, -0.2) is 0 Å². The predicted octanol–water partition coefficient (Wildman–Crippen LogP) is 2.47. The number of nitrogens with zero attached hydrogens (tertiary/aromatic N) is 2. The summed E-state index contributed by atoms with van der Waals surface area (Å²) in [6.45, 7) is 4.30. The van der Waals surface area contributed by atoms with E-state index in [1.165, 1.54) is 0 Å². The second-order valence-corrected chi connectivity index (χ2v) is 6.77. The van der Waals surface area contributed by atoms with Crippen LogP contribution in [0.1, 0.15) is 41.6 Å². The molecule has 0 aromatic heterocycles. The standard InChI is InChI=1S/C18H24N2O2/c1-14-5-3-6-15(13-14)16(21)20-10-4-7-18(9-12-20)8-11-19(2)17(18)22/h3,5-6,13H,4,7-12H2,1-2H3/t18-/m0/s1. The van der Waals surface area contributed by atoms with Gasteiger partial charge in [0.25, 0.3) is 5.91 Å². The highest BCUT2D eigenvalue weighted by molar-refractivity contribution is 5.94. The molecule has 1 aromatic carbocycles. The molecule has 4 heteroatoms. The molecule has 3 rings (SSSR count). The molecule has 22 heavy (non-hydrogen) atoms. The lowest BCUT2D eigenvalue weighted by Crippen LogP contribution is -2.35. The Morgan fingerprint density at radius 2 is 1.91 bits per heavy atom. The van der Waals surface area contributed by atoms with Gasteiger partial charge in [-0.3, -0.25) is 9.59 Å². The Labute approximate surface area is 132 Å². The zero-order valence-electron chi connectivity index (χ0n) is 13.5.